The highest BCUT2D eigenvalue weighted by Crippen LogP contribution is 2.19. The number of esters is 1. The molecule has 0 aliphatic carbocycles. The Labute approximate surface area is 120 Å². The van der Waals surface area contributed by atoms with Gasteiger partial charge in [0.05, 0.1) is 18.5 Å². The molecule has 0 unspecified atom stereocenters. The van der Waals surface area contributed by atoms with Crippen molar-refractivity contribution in [2.75, 3.05) is 12.3 Å². The van der Waals surface area contributed by atoms with Gasteiger partial charge in [-0.1, -0.05) is 0 Å². The molecule has 0 spiro atoms. The smallest absolute Gasteiger partial charge is 0.342 e. The van der Waals surface area contributed by atoms with Crippen molar-refractivity contribution in [2.45, 2.75) is 6.92 Å². The van der Waals surface area contributed by atoms with E-state index >= 15 is 0 Å². The molecule has 8 heteroatoms. The van der Waals surface area contributed by atoms with Crippen LogP contribution in [0.25, 0.3) is 5.82 Å². The Morgan fingerprint density at radius 1 is 1.43 bits per heavy atom. The molecule has 2 rings (SSSR count). The minimum atomic E-state index is -0.622. The number of hydrogen-bond acceptors (Lipinski definition) is 7. The van der Waals surface area contributed by atoms with Crippen molar-refractivity contribution in [1.29, 1.82) is 10.5 Å². The number of anilines is 1. The maximum absolute atomic E-state index is 12.0. The number of hydrogen-bond donors (Lipinski definition) is 1. The van der Waals surface area contributed by atoms with E-state index < -0.39 is 5.97 Å². The Kier molecular flexibility index (Phi) is 3.82. The predicted molar refractivity (Wildman–Crippen MR) is 71.2 cm³/mol. The van der Waals surface area contributed by atoms with E-state index in [-0.39, 0.29) is 35.1 Å². The van der Waals surface area contributed by atoms with Crippen LogP contribution in [-0.4, -0.2) is 27.1 Å². The van der Waals surface area contributed by atoms with Crippen LogP contribution in [0, 0.1) is 22.7 Å². The summed E-state index contributed by atoms with van der Waals surface area (Å²) in [6.07, 6.45) is 2.59. The third-order valence-electron chi connectivity index (χ3n) is 2.59. The molecule has 0 amide bonds. The van der Waals surface area contributed by atoms with Crippen LogP contribution in [-0.2, 0) is 4.74 Å². The zero-order chi connectivity index (χ0) is 15.4. The number of rotatable bonds is 3. The Bertz CT molecular complexity index is 781. The lowest BCUT2D eigenvalue weighted by atomic mass is 10.2. The molecule has 21 heavy (non-hydrogen) atoms. The number of aromatic nitrogens is 3. The zero-order valence-electron chi connectivity index (χ0n) is 11.1. The van der Waals surface area contributed by atoms with Gasteiger partial charge < -0.3 is 10.5 Å². The summed E-state index contributed by atoms with van der Waals surface area (Å²) in [5, 5.41) is 18.0. The average molecular weight is 282 g/mol. The monoisotopic (exact) mass is 282 g/mol. The first-order valence-corrected chi connectivity index (χ1v) is 5.92. The molecule has 2 N–H and O–H groups in total. The summed E-state index contributed by atoms with van der Waals surface area (Å²) in [4.78, 5) is 19.8. The van der Waals surface area contributed by atoms with Crippen molar-refractivity contribution >= 4 is 11.7 Å². The highest BCUT2D eigenvalue weighted by Gasteiger charge is 2.20. The summed E-state index contributed by atoms with van der Waals surface area (Å²) in [5.41, 5.74) is 5.94. The second-order valence-electron chi connectivity index (χ2n) is 3.90. The summed E-state index contributed by atoms with van der Waals surface area (Å²) in [6, 6.07) is 5.06. The molecule has 0 saturated carbocycles. The van der Waals surface area contributed by atoms with Gasteiger partial charge in [0.2, 0.25) is 0 Å². The lowest BCUT2D eigenvalue weighted by Gasteiger charge is -2.09. The fraction of sp³-hybridized carbons (Fsp3) is 0.154. The predicted octanol–water partition coefficient (Wildman–Crippen LogP) is 0.770. The second-order valence-corrected chi connectivity index (χ2v) is 3.90. The molecule has 0 aliphatic heterocycles. The van der Waals surface area contributed by atoms with Gasteiger partial charge in [-0.15, -0.1) is 0 Å². The fourth-order valence-corrected chi connectivity index (χ4v) is 1.72. The van der Waals surface area contributed by atoms with Gasteiger partial charge in [0, 0.05) is 0 Å². The minimum Gasteiger partial charge on any atom is -0.462 e. The molecular weight excluding hydrogens is 272 g/mol. The van der Waals surface area contributed by atoms with E-state index in [1.807, 2.05) is 6.07 Å². The first-order chi connectivity index (χ1) is 10.1. The molecule has 0 bridgehead atoms. The summed E-state index contributed by atoms with van der Waals surface area (Å²) in [6.45, 7) is 1.86. The lowest BCUT2D eigenvalue weighted by molar-refractivity contribution is 0.0526. The van der Waals surface area contributed by atoms with Crippen LogP contribution in [0.4, 0.5) is 5.69 Å². The maximum Gasteiger partial charge on any atom is 0.342 e. The van der Waals surface area contributed by atoms with Crippen LogP contribution in [0.15, 0.2) is 18.6 Å². The molecule has 0 radical (unpaired) electrons. The SMILES string of the molecule is CCOC(=O)c1cc(N)cnc1-n1cnc(C#N)c1C#N. The molecule has 104 valence electrons. The lowest BCUT2D eigenvalue weighted by Crippen LogP contribution is -2.12. The van der Waals surface area contributed by atoms with Crippen molar-refractivity contribution in [3.8, 4) is 18.0 Å². The average Bonchev–Trinajstić information content (AvgIpc) is 2.90. The molecule has 0 saturated heterocycles. The zero-order valence-corrected chi connectivity index (χ0v) is 11.1. The Hall–Kier alpha value is -3.39. The van der Waals surface area contributed by atoms with Crippen LogP contribution >= 0.6 is 0 Å². The Balaban J connectivity index is 2.65. The molecule has 2 aromatic heterocycles. The normalized spacial score (nSPS) is 9.67. The van der Waals surface area contributed by atoms with E-state index in [1.54, 1.807) is 13.0 Å². The van der Waals surface area contributed by atoms with Crippen molar-refractivity contribution < 1.29 is 9.53 Å². The number of imidazole rings is 1. The number of pyridine rings is 1. The van der Waals surface area contributed by atoms with E-state index in [0.29, 0.717) is 0 Å². The number of nitriles is 2. The fourth-order valence-electron chi connectivity index (χ4n) is 1.72. The summed E-state index contributed by atoms with van der Waals surface area (Å²) in [7, 11) is 0. The standard InChI is InChI=1S/C13H10N6O2/c1-2-21-13(20)9-3-8(16)6-17-12(9)19-7-18-10(4-14)11(19)5-15/h3,6-7H,2,16H2,1H3. The van der Waals surface area contributed by atoms with E-state index in [2.05, 4.69) is 9.97 Å². The second kappa shape index (κ2) is 5.72. The highest BCUT2D eigenvalue weighted by molar-refractivity contribution is 5.93. The van der Waals surface area contributed by atoms with Crippen molar-refractivity contribution in [1.82, 2.24) is 14.5 Å². The van der Waals surface area contributed by atoms with Gasteiger partial charge in [-0.3, -0.25) is 4.57 Å². The third-order valence-corrected chi connectivity index (χ3v) is 2.59. The van der Waals surface area contributed by atoms with Crippen molar-refractivity contribution in [3.05, 3.63) is 35.5 Å². The van der Waals surface area contributed by atoms with Gasteiger partial charge in [0.15, 0.2) is 17.2 Å². The topological polar surface area (TPSA) is 131 Å². The van der Waals surface area contributed by atoms with Crippen LogP contribution in [0.1, 0.15) is 28.7 Å². The maximum atomic E-state index is 12.0. The van der Waals surface area contributed by atoms with E-state index in [0.717, 1.165) is 0 Å². The van der Waals surface area contributed by atoms with Gasteiger partial charge in [0.1, 0.15) is 24.0 Å². The first kappa shape index (κ1) is 14.0. The van der Waals surface area contributed by atoms with Crippen LogP contribution in [0.2, 0.25) is 0 Å². The van der Waals surface area contributed by atoms with Crippen LogP contribution in [0.3, 0.4) is 0 Å². The van der Waals surface area contributed by atoms with Gasteiger partial charge in [-0.2, -0.15) is 10.5 Å². The molecule has 2 heterocycles. The van der Waals surface area contributed by atoms with Gasteiger partial charge in [0.25, 0.3) is 0 Å². The molecule has 0 atom stereocenters. The van der Waals surface area contributed by atoms with E-state index in [9.17, 15) is 4.79 Å². The number of carbonyl (C=O) groups is 1. The molecule has 0 fully saturated rings. The summed E-state index contributed by atoms with van der Waals surface area (Å²) < 4.78 is 6.19. The van der Waals surface area contributed by atoms with Gasteiger partial charge in [-0.25, -0.2) is 14.8 Å². The number of ether oxygens (including phenoxy) is 1. The number of carbonyl (C=O) groups excluding carboxylic acids is 1. The van der Waals surface area contributed by atoms with E-state index in [4.69, 9.17) is 21.0 Å². The number of nitrogens with zero attached hydrogens (tertiary/aromatic N) is 5. The molecule has 8 nitrogen and oxygen atoms in total. The van der Waals surface area contributed by atoms with Crippen LogP contribution in [0.5, 0.6) is 0 Å². The third kappa shape index (κ3) is 2.51. The molecular formula is C13H10N6O2. The highest BCUT2D eigenvalue weighted by atomic mass is 16.5. The van der Waals surface area contributed by atoms with Crippen molar-refractivity contribution in [2.24, 2.45) is 0 Å². The van der Waals surface area contributed by atoms with Gasteiger partial charge >= 0.3 is 5.97 Å². The molecule has 0 aromatic carbocycles. The first-order valence-electron chi connectivity index (χ1n) is 5.92. The largest absolute Gasteiger partial charge is 0.462 e. The Morgan fingerprint density at radius 3 is 2.81 bits per heavy atom. The molecule has 0 aliphatic rings. The quantitative estimate of drug-likeness (QED) is 0.822. The number of nitrogens with two attached hydrogens (primary N) is 1. The van der Waals surface area contributed by atoms with Crippen LogP contribution < -0.4 is 5.73 Å². The summed E-state index contributed by atoms with van der Waals surface area (Å²) in [5.74, 6) is -0.489. The van der Waals surface area contributed by atoms with Gasteiger partial charge in [-0.05, 0) is 13.0 Å². The Morgan fingerprint density at radius 2 is 2.19 bits per heavy atom. The van der Waals surface area contributed by atoms with Crippen molar-refractivity contribution in [3.63, 3.8) is 0 Å². The number of nitrogen functional groups attached to an aromatic ring is 1. The minimum absolute atomic E-state index is 0.0136. The molecule has 2 aromatic rings. The van der Waals surface area contributed by atoms with E-state index in [1.165, 1.54) is 23.2 Å². The summed E-state index contributed by atoms with van der Waals surface area (Å²) >= 11 is 0.